The van der Waals surface area contributed by atoms with Gasteiger partial charge in [-0.2, -0.15) is 0 Å². The third-order valence-corrected chi connectivity index (χ3v) is 12.0. The molecule has 3 aromatic carbocycles. The van der Waals surface area contributed by atoms with E-state index in [0.29, 0.717) is 5.56 Å². The number of rotatable bonds is 6. The van der Waals surface area contributed by atoms with Crippen molar-refractivity contribution in [3.05, 3.63) is 76.9 Å². The van der Waals surface area contributed by atoms with Crippen molar-refractivity contribution in [1.29, 1.82) is 0 Å². The van der Waals surface area contributed by atoms with Gasteiger partial charge in [0.25, 0.3) is 0 Å². The van der Waals surface area contributed by atoms with Gasteiger partial charge < -0.3 is 15.3 Å². The van der Waals surface area contributed by atoms with Crippen LogP contribution in [0.25, 0.3) is 10.8 Å². The van der Waals surface area contributed by atoms with Gasteiger partial charge in [0.1, 0.15) is 23.2 Å². The molecule has 0 aromatic heterocycles. The zero-order valence-electron chi connectivity index (χ0n) is 27.9. The first kappa shape index (κ1) is 33.6. The zero-order chi connectivity index (χ0) is 35.2. The third-order valence-electron chi connectivity index (χ3n) is 12.0. The fourth-order valence-electron chi connectivity index (χ4n) is 9.47. The van der Waals surface area contributed by atoms with Crippen molar-refractivity contribution in [1.82, 2.24) is 0 Å². The fourth-order valence-corrected chi connectivity index (χ4v) is 9.47. The van der Waals surface area contributed by atoms with Gasteiger partial charge in [-0.1, -0.05) is 89.2 Å². The molecule has 3 N–H and O–H groups in total. The molecule has 0 heterocycles. The van der Waals surface area contributed by atoms with E-state index in [-0.39, 0.29) is 29.8 Å². The molecule has 3 aliphatic rings. The maximum atomic E-state index is 14.6. The number of hydrogen-bond donors (Lipinski definition) is 3. The molecule has 8 atom stereocenters. The number of benzene rings is 3. The Balaban J connectivity index is 1.44. The van der Waals surface area contributed by atoms with Gasteiger partial charge >= 0.3 is 0 Å². The Kier molecular flexibility index (Phi) is 7.76. The largest absolute Gasteiger partial charge is 0.507 e. The summed E-state index contributed by atoms with van der Waals surface area (Å²) in [5.74, 6) is -12.1. The number of carbonyl (C=O) groups excluding carboxylic acids is 6. The van der Waals surface area contributed by atoms with Crippen LogP contribution in [0.3, 0.4) is 0 Å². The van der Waals surface area contributed by atoms with Crippen molar-refractivity contribution >= 4 is 45.5 Å². The number of ketones is 6. The Labute approximate surface area is 278 Å². The van der Waals surface area contributed by atoms with Gasteiger partial charge in [-0.3, -0.25) is 28.8 Å². The second kappa shape index (κ2) is 11.1. The maximum absolute atomic E-state index is 14.6. The number of aliphatic hydroxyl groups excluding tert-OH is 1. The average molecular weight is 653 g/mol. The monoisotopic (exact) mass is 652 g/mol. The molecule has 3 aliphatic carbocycles. The molecule has 6 rings (SSSR count). The smallest absolute Gasteiger partial charge is 0.191 e. The van der Waals surface area contributed by atoms with E-state index in [1.807, 2.05) is 42.5 Å². The van der Waals surface area contributed by atoms with Gasteiger partial charge in [-0.25, -0.2) is 0 Å². The number of phenols is 1. The summed E-state index contributed by atoms with van der Waals surface area (Å²) in [7, 11) is 0. The molecule has 0 spiro atoms. The van der Waals surface area contributed by atoms with Gasteiger partial charge in [0.2, 0.25) is 0 Å². The zero-order valence-corrected chi connectivity index (χ0v) is 27.9. The lowest BCUT2D eigenvalue weighted by molar-refractivity contribution is -0.240. The van der Waals surface area contributed by atoms with E-state index in [1.54, 1.807) is 32.9 Å². The van der Waals surface area contributed by atoms with E-state index in [9.17, 15) is 44.1 Å². The van der Waals surface area contributed by atoms with E-state index in [0.717, 1.165) is 23.3 Å². The Bertz CT molecular complexity index is 1950. The van der Waals surface area contributed by atoms with Crippen molar-refractivity contribution in [3.8, 4) is 5.75 Å². The number of aromatic hydroxyl groups is 1. The highest BCUT2D eigenvalue weighted by atomic mass is 16.3. The van der Waals surface area contributed by atoms with Crippen LogP contribution in [0.4, 0.5) is 0 Å². The van der Waals surface area contributed by atoms with E-state index in [4.69, 9.17) is 0 Å². The topological polar surface area (TPSA) is 163 Å². The Morgan fingerprint density at radius 1 is 0.875 bits per heavy atom. The minimum absolute atomic E-state index is 0.0778. The summed E-state index contributed by atoms with van der Waals surface area (Å²) in [4.78, 5) is 82.7. The highest BCUT2D eigenvalue weighted by Gasteiger charge is 2.80. The first-order valence-corrected chi connectivity index (χ1v) is 16.4. The number of fused-ring (bicyclic) bond motifs is 4. The molecular weight excluding hydrogens is 612 g/mol. The summed E-state index contributed by atoms with van der Waals surface area (Å²) in [6, 6.07) is 16.5. The molecule has 48 heavy (non-hydrogen) atoms. The second-order valence-electron chi connectivity index (χ2n) is 14.7. The minimum atomic E-state index is -3.04. The van der Waals surface area contributed by atoms with E-state index < -0.39 is 86.8 Å². The predicted octanol–water partition coefficient (Wildman–Crippen LogP) is 4.13. The van der Waals surface area contributed by atoms with Crippen molar-refractivity contribution in [3.63, 3.8) is 0 Å². The summed E-state index contributed by atoms with van der Waals surface area (Å²) in [6.07, 6.45) is -1.86. The normalized spacial score (nSPS) is 33.0. The number of carbonyl (C=O) groups is 6. The van der Waals surface area contributed by atoms with Gasteiger partial charge in [-0.15, -0.1) is 0 Å². The van der Waals surface area contributed by atoms with E-state index in [1.165, 1.54) is 13.8 Å². The van der Waals surface area contributed by atoms with Crippen molar-refractivity contribution < 1.29 is 44.1 Å². The van der Waals surface area contributed by atoms with Crippen molar-refractivity contribution in [2.24, 2.45) is 34.5 Å². The average Bonchev–Trinajstić information content (AvgIpc) is 3.02. The summed E-state index contributed by atoms with van der Waals surface area (Å²) in [6.45, 7) is 8.87. The van der Waals surface area contributed by atoms with Crippen LogP contribution in [-0.4, -0.2) is 61.7 Å². The van der Waals surface area contributed by atoms with Crippen LogP contribution >= 0.6 is 0 Å². The van der Waals surface area contributed by atoms with E-state index in [2.05, 4.69) is 0 Å². The van der Waals surface area contributed by atoms with Crippen LogP contribution in [0.2, 0.25) is 0 Å². The molecule has 0 bridgehead atoms. The predicted molar refractivity (Wildman–Crippen MR) is 175 cm³/mol. The molecule has 0 radical (unpaired) electrons. The molecule has 0 aliphatic heterocycles. The summed E-state index contributed by atoms with van der Waals surface area (Å²) in [5, 5.41) is 38.0. The maximum Gasteiger partial charge on any atom is 0.191 e. The summed E-state index contributed by atoms with van der Waals surface area (Å²) in [5.41, 5.74) is -5.61. The first-order valence-electron chi connectivity index (χ1n) is 16.4. The Hall–Kier alpha value is -4.34. The lowest BCUT2D eigenvalue weighted by Gasteiger charge is -2.65. The lowest BCUT2D eigenvalue weighted by Crippen LogP contribution is -2.81. The van der Waals surface area contributed by atoms with Gasteiger partial charge in [-0.05, 0) is 40.7 Å². The van der Waals surface area contributed by atoms with Crippen LogP contribution in [0.1, 0.15) is 74.5 Å². The number of phenolic OH excluding ortho intramolecular Hbond substituents is 1. The van der Waals surface area contributed by atoms with Crippen LogP contribution in [0.15, 0.2) is 54.6 Å². The lowest BCUT2D eigenvalue weighted by atomic mass is 9.37. The SMILES string of the molecule is CC(=O)C1C(=O)C(C(C)C)[C@@]2(C)[C@H](O)[C@]3(C)C(C(=O)c4c(ccc(CC(=O)Cc5cccc6ccccc56)c4O)[C@H]3C)C(=O)[C@@]2(O)C1=O. The van der Waals surface area contributed by atoms with E-state index >= 15 is 0 Å². The van der Waals surface area contributed by atoms with Crippen LogP contribution in [0.5, 0.6) is 5.75 Å². The standard InChI is InChI=1S/C39H40O9/c1-18(2)29-32(43)27(20(4)40)34(45)39(48)35(46)30-33(44)28-25(19(3)37(30,5)36(47)38(29,39)6)15-14-23(31(28)42)17-24(41)16-22-12-9-11-21-10-7-8-13-26(21)22/h7-15,18-19,27,29-30,36,42,47-48H,16-17H2,1-6H3/t19-,27?,29?,30?,36-,37+,38+,39+/m1/s1. The van der Waals surface area contributed by atoms with Crippen LogP contribution in [0, 0.1) is 34.5 Å². The Morgan fingerprint density at radius 3 is 2.15 bits per heavy atom. The highest BCUT2D eigenvalue weighted by molar-refractivity contribution is 6.33. The molecule has 2 fully saturated rings. The quantitative estimate of drug-likeness (QED) is 0.332. The molecule has 9 nitrogen and oxygen atoms in total. The number of aliphatic hydroxyl groups is 2. The molecular formula is C39H40O9. The first-order chi connectivity index (χ1) is 22.4. The minimum Gasteiger partial charge on any atom is -0.507 e. The highest BCUT2D eigenvalue weighted by Crippen LogP contribution is 2.66. The summed E-state index contributed by atoms with van der Waals surface area (Å²) >= 11 is 0. The number of hydrogen-bond acceptors (Lipinski definition) is 9. The molecule has 2 saturated carbocycles. The van der Waals surface area contributed by atoms with Crippen LogP contribution < -0.4 is 0 Å². The van der Waals surface area contributed by atoms with Gasteiger partial charge in [0.15, 0.2) is 28.7 Å². The van der Waals surface area contributed by atoms with Crippen molar-refractivity contribution in [2.75, 3.05) is 0 Å². The molecule has 0 saturated heterocycles. The molecule has 3 aromatic rings. The molecule has 250 valence electrons. The van der Waals surface area contributed by atoms with Crippen molar-refractivity contribution in [2.45, 2.75) is 72.0 Å². The molecule has 9 heteroatoms. The molecule has 3 unspecified atom stereocenters. The Morgan fingerprint density at radius 2 is 1.50 bits per heavy atom. The number of Topliss-reactive ketones (excluding diaryl/α,β-unsaturated/α-hetero) is 6. The second-order valence-corrected chi connectivity index (χ2v) is 14.7. The van der Waals surface area contributed by atoms with Gasteiger partial charge in [0.05, 0.1) is 17.6 Å². The van der Waals surface area contributed by atoms with Gasteiger partial charge in [0, 0.05) is 35.2 Å². The van der Waals surface area contributed by atoms with Crippen LogP contribution in [-0.2, 0) is 36.8 Å². The third kappa shape index (κ3) is 4.16. The fraction of sp³-hybridized carbons (Fsp3) is 0.436. The molecule has 0 amide bonds. The summed E-state index contributed by atoms with van der Waals surface area (Å²) < 4.78 is 0.